The minimum Gasteiger partial charge on any atom is -0.343 e. The number of carbonyl (C=O) groups is 1. The molecule has 0 radical (unpaired) electrons. The summed E-state index contributed by atoms with van der Waals surface area (Å²) in [7, 11) is 4.20. The number of likely N-dealkylation sites (N-methyl/N-ethyl adjacent to an activating group) is 1. The molecule has 1 aromatic carbocycles. The Hall–Kier alpha value is -2.37. The molecule has 0 saturated carbocycles. The molecule has 0 fully saturated rings. The molecule has 5 nitrogen and oxygen atoms in total. The Morgan fingerprint density at radius 3 is 2.60 bits per heavy atom. The topological polar surface area (TPSA) is 57.5 Å². The van der Waals surface area contributed by atoms with Gasteiger partial charge in [0.2, 0.25) is 0 Å². The van der Waals surface area contributed by atoms with E-state index in [0.717, 1.165) is 37.9 Å². The van der Waals surface area contributed by atoms with Gasteiger partial charge in [-0.3, -0.25) is 10.0 Å². The second kappa shape index (κ2) is 7.68. The van der Waals surface area contributed by atoms with Gasteiger partial charge >= 0.3 is 0 Å². The summed E-state index contributed by atoms with van der Waals surface area (Å²) < 4.78 is 2.30. The van der Waals surface area contributed by atoms with Gasteiger partial charge in [0.05, 0.1) is 0 Å². The first-order chi connectivity index (χ1) is 12.1. The van der Waals surface area contributed by atoms with E-state index < -0.39 is 5.91 Å². The van der Waals surface area contributed by atoms with Crippen LogP contribution in [0.4, 0.5) is 0 Å². The highest BCUT2D eigenvalue weighted by Gasteiger charge is 2.09. The van der Waals surface area contributed by atoms with Gasteiger partial charge in [-0.1, -0.05) is 24.3 Å². The van der Waals surface area contributed by atoms with E-state index in [1.165, 1.54) is 16.1 Å². The lowest BCUT2D eigenvalue weighted by molar-refractivity contribution is 0.0706. The van der Waals surface area contributed by atoms with Gasteiger partial charge in [0.15, 0.2) is 0 Å². The van der Waals surface area contributed by atoms with Gasteiger partial charge in [-0.2, -0.15) is 0 Å². The van der Waals surface area contributed by atoms with Crippen molar-refractivity contribution in [2.24, 2.45) is 0 Å². The molecule has 5 heteroatoms. The quantitative estimate of drug-likeness (QED) is 0.612. The normalized spacial score (nSPS) is 13.1. The standard InChI is InChI=1S/C20H25N3O2/c1-22(2)12-11-17-14-23(19-6-4-3-5-18(17)19)13-15-7-9-16(10-8-15)20(24)21-25/h5-10,14,25H,3-4,11-13H2,1-2H3,(H,21,24). The van der Waals surface area contributed by atoms with E-state index in [1.54, 1.807) is 17.6 Å². The summed E-state index contributed by atoms with van der Waals surface area (Å²) in [4.78, 5) is 13.6. The fourth-order valence-electron chi connectivity index (χ4n) is 3.25. The number of amides is 1. The molecular weight excluding hydrogens is 314 g/mol. The molecule has 0 spiro atoms. The minimum atomic E-state index is -0.487. The maximum Gasteiger partial charge on any atom is 0.274 e. The first-order valence-corrected chi connectivity index (χ1v) is 8.65. The number of nitrogens with zero attached hydrogens (tertiary/aromatic N) is 2. The number of hydroxylamine groups is 1. The van der Waals surface area contributed by atoms with Crippen LogP contribution in [0.15, 0.2) is 30.5 Å². The molecule has 1 aromatic heterocycles. The van der Waals surface area contributed by atoms with Crippen LogP contribution in [0.1, 0.15) is 34.3 Å². The van der Waals surface area contributed by atoms with Crippen molar-refractivity contribution in [1.29, 1.82) is 0 Å². The molecule has 1 heterocycles. The smallest absolute Gasteiger partial charge is 0.274 e. The third kappa shape index (κ3) is 4.00. The molecular formula is C20H25N3O2. The van der Waals surface area contributed by atoms with Crippen LogP contribution in [0.3, 0.4) is 0 Å². The highest BCUT2D eigenvalue weighted by molar-refractivity contribution is 5.93. The number of fused-ring (bicyclic) bond motifs is 1. The Kier molecular flexibility index (Phi) is 5.36. The van der Waals surface area contributed by atoms with Gasteiger partial charge in [-0.05, 0) is 61.8 Å². The minimum absolute atomic E-state index is 0.451. The second-order valence-electron chi connectivity index (χ2n) is 6.76. The lowest BCUT2D eigenvalue weighted by Crippen LogP contribution is -2.32. The van der Waals surface area contributed by atoms with Crippen LogP contribution in [0.25, 0.3) is 12.2 Å². The predicted octanol–water partition coefficient (Wildman–Crippen LogP) is 1.11. The van der Waals surface area contributed by atoms with Crippen molar-refractivity contribution in [2.75, 3.05) is 20.6 Å². The highest BCUT2D eigenvalue weighted by Crippen LogP contribution is 2.08. The van der Waals surface area contributed by atoms with Crippen molar-refractivity contribution < 1.29 is 10.0 Å². The number of hydrogen-bond donors (Lipinski definition) is 2. The zero-order valence-corrected chi connectivity index (χ0v) is 14.8. The summed E-state index contributed by atoms with van der Waals surface area (Å²) in [6.45, 7) is 1.81. The van der Waals surface area contributed by atoms with E-state index in [4.69, 9.17) is 5.21 Å². The van der Waals surface area contributed by atoms with Crippen LogP contribution in [0, 0.1) is 0 Å². The van der Waals surface area contributed by atoms with Crippen molar-refractivity contribution in [1.82, 2.24) is 14.9 Å². The van der Waals surface area contributed by atoms with E-state index in [-0.39, 0.29) is 0 Å². The SMILES string of the molecule is CN(C)CCc1cn(Cc2ccc(C(=O)NO)cc2)c2c1=CCCC=2. The van der Waals surface area contributed by atoms with Gasteiger partial charge in [0, 0.05) is 30.2 Å². The van der Waals surface area contributed by atoms with E-state index in [0.29, 0.717) is 5.56 Å². The molecule has 0 atom stereocenters. The third-order valence-electron chi connectivity index (χ3n) is 4.59. The summed E-state index contributed by atoms with van der Waals surface area (Å²) in [5.74, 6) is -0.487. The Bertz CT molecular complexity index is 864. The first-order valence-electron chi connectivity index (χ1n) is 8.65. The van der Waals surface area contributed by atoms with Crippen molar-refractivity contribution in [2.45, 2.75) is 25.8 Å². The zero-order chi connectivity index (χ0) is 17.8. The fraction of sp³-hybridized carbons (Fsp3) is 0.350. The summed E-state index contributed by atoms with van der Waals surface area (Å²) in [5.41, 5.74) is 4.64. The lowest BCUT2D eigenvalue weighted by Gasteiger charge is -2.08. The summed E-state index contributed by atoms with van der Waals surface area (Å²) >= 11 is 0. The largest absolute Gasteiger partial charge is 0.343 e. The van der Waals surface area contributed by atoms with Crippen LogP contribution in [-0.4, -0.2) is 41.2 Å². The molecule has 1 amide bonds. The van der Waals surface area contributed by atoms with E-state index in [2.05, 4.69) is 41.9 Å². The number of aromatic nitrogens is 1. The number of nitrogens with one attached hydrogen (secondary N) is 1. The van der Waals surface area contributed by atoms with Gasteiger partial charge < -0.3 is 9.47 Å². The molecule has 25 heavy (non-hydrogen) atoms. The highest BCUT2D eigenvalue weighted by atomic mass is 16.5. The number of benzene rings is 1. The van der Waals surface area contributed by atoms with Crippen molar-refractivity contribution in [3.05, 3.63) is 57.7 Å². The number of hydrogen-bond acceptors (Lipinski definition) is 3. The molecule has 2 aromatic rings. The molecule has 0 aliphatic heterocycles. The van der Waals surface area contributed by atoms with Crippen molar-refractivity contribution in [3.8, 4) is 0 Å². The Morgan fingerprint density at radius 1 is 1.20 bits per heavy atom. The van der Waals surface area contributed by atoms with E-state index >= 15 is 0 Å². The van der Waals surface area contributed by atoms with Crippen LogP contribution in [-0.2, 0) is 13.0 Å². The van der Waals surface area contributed by atoms with Gasteiger partial charge in [0.25, 0.3) is 5.91 Å². The molecule has 2 N–H and O–H groups in total. The maximum atomic E-state index is 11.4. The Labute approximate surface area is 147 Å². The molecule has 0 saturated heterocycles. The summed E-state index contributed by atoms with van der Waals surface area (Å²) in [5, 5.41) is 11.4. The molecule has 3 rings (SSSR count). The van der Waals surface area contributed by atoms with E-state index in [9.17, 15) is 4.79 Å². The first kappa shape index (κ1) is 17.5. The van der Waals surface area contributed by atoms with Gasteiger partial charge in [-0.25, -0.2) is 5.48 Å². The lowest BCUT2D eigenvalue weighted by atomic mass is 10.1. The Balaban J connectivity index is 1.87. The van der Waals surface area contributed by atoms with Crippen LogP contribution >= 0.6 is 0 Å². The Morgan fingerprint density at radius 2 is 1.92 bits per heavy atom. The zero-order valence-electron chi connectivity index (χ0n) is 14.8. The molecule has 1 aliphatic rings. The van der Waals surface area contributed by atoms with Crippen LogP contribution in [0.5, 0.6) is 0 Å². The molecule has 0 bridgehead atoms. The number of rotatable bonds is 6. The average molecular weight is 339 g/mol. The van der Waals surface area contributed by atoms with E-state index in [1.807, 2.05) is 12.1 Å². The summed E-state index contributed by atoms with van der Waals surface area (Å²) in [6.07, 6.45) is 10.2. The van der Waals surface area contributed by atoms with Crippen molar-refractivity contribution >= 4 is 18.1 Å². The monoisotopic (exact) mass is 339 g/mol. The fourth-order valence-corrected chi connectivity index (χ4v) is 3.25. The van der Waals surface area contributed by atoms with Gasteiger partial charge in [-0.15, -0.1) is 0 Å². The average Bonchev–Trinajstić information content (AvgIpc) is 2.98. The van der Waals surface area contributed by atoms with Crippen LogP contribution < -0.4 is 16.0 Å². The van der Waals surface area contributed by atoms with Gasteiger partial charge in [0.1, 0.15) is 0 Å². The molecule has 0 unspecified atom stereocenters. The summed E-state index contributed by atoms with van der Waals surface area (Å²) in [6, 6.07) is 7.34. The van der Waals surface area contributed by atoms with Crippen molar-refractivity contribution in [3.63, 3.8) is 0 Å². The predicted molar refractivity (Wildman–Crippen MR) is 98.9 cm³/mol. The third-order valence-corrected chi connectivity index (χ3v) is 4.59. The second-order valence-corrected chi connectivity index (χ2v) is 6.76. The molecule has 1 aliphatic carbocycles. The number of carbonyl (C=O) groups excluding carboxylic acids is 1. The maximum absolute atomic E-state index is 11.4. The van der Waals surface area contributed by atoms with Crippen LogP contribution in [0.2, 0.25) is 0 Å². The molecule has 132 valence electrons.